The average Bonchev–Trinajstić information content (AvgIpc) is 3.17. The van der Waals surface area contributed by atoms with Crippen LogP contribution >= 0.6 is 0 Å². The number of hydrogen-bond acceptors (Lipinski definition) is 1. The first-order valence-corrected chi connectivity index (χ1v) is 10.1. The normalized spacial score (nSPS) is 13.7. The summed E-state index contributed by atoms with van der Waals surface area (Å²) < 4.78 is 31.7. The van der Waals surface area contributed by atoms with Crippen molar-refractivity contribution in [3.8, 4) is 5.69 Å². The lowest BCUT2D eigenvalue weighted by atomic mass is 9.98. The summed E-state index contributed by atoms with van der Waals surface area (Å²) in [6, 6.07) is 24.6. The summed E-state index contributed by atoms with van der Waals surface area (Å²) in [6.07, 6.45) is 1.83. The van der Waals surface area contributed by atoms with Crippen LogP contribution in [0.25, 0.3) is 49.2 Å². The van der Waals surface area contributed by atoms with Gasteiger partial charge in [0.15, 0.2) is 11.9 Å². The Kier molecular flexibility index (Phi) is 2.95. The predicted molar refractivity (Wildman–Crippen MR) is 124 cm³/mol. The Morgan fingerprint density at radius 3 is 2.50 bits per heavy atom. The smallest absolute Gasteiger partial charge is 0.257 e. The Morgan fingerprint density at radius 1 is 0.800 bits per heavy atom. The Bertz CT molecular complexity index is 1730. The van der Waals surface area contributed by atoms with E-state index in [4.69, 9.17) is 8.53 Å². The third-order valence-electron chi connectivity index (χ3n) is 6.09. The summed E-state index contributed by atoms with van der Waals surface area (Å²) in [4.78, 5) is 0. The number of fused-ring (bicyclic) bond motifs is 7. The van der Waals surface area contributed by atoms with Crippen LogP contribution in [-0.4, -0.2) is 0 Å². The second-order valence-corrected chi connectivity index (χ2v) is 7.96. The molecule has 0 N–H and O–H groups in total. The summed E-state index contributed by atoms with van der Waals surface area (Å²) in [7, 11) is 0. The molecule has 4 aromatic carbocycles. The fraction of sp³-hybridized carbons (Fsp3) is 0.107. The zero-order valence-corrected chi connectivity index (χ0v) is 16.9. The van der Waals surface area contributed by atoms with Crippen molar-refractivity contribution in [1.82, 2.24) is 0 Å². The van der Waals surface area contributed by atoms with E-state index in [2.05, 4.69) is 67.6 Å². The molecule has 0 aliphatic heterocycles. The molecule has 0 bridgehead atoms. The van der Waals surface area contributed by atoms with E-state index in [0.29, 0.717) is 5.56 Å². The summed E-state index contributed by atoms with van der Waals surface area (Å²) in [6.45, 7) is 1.85. The van der Waals surface area contributed by atoms with Crippen molar-refractivity contribution in [2.75, 3.05) is 0 Å². The molecule has 30 heavy (non-hydrogen) atoms. The molecule has 2 heteroatoms. The molecule has 0 unspecified atom stereocenters. The molecule has 0 radical (unpaired) electrons. The summed E-state index contributed by atoms with van der Waals surface area (Å²) >= 11 is 0. The van der Waals surface area contributed by atoms with Gasteiger partial charge in [0.2, 0.25) is 5.58 Å². The van der Waals surface area contributed by atoms with Gasteiger partial charge in [-0.15, -0.1) is 0 Å². The van der Waals surface area contributed by atoms with E-state index in [9.17, 15) is 0 Å². The maximum Gasteiger partial charge on any atom is 0.257 e. The fourth-order valence-electron chi connectivity index (χ4n) is 4.68. The number of benzene rings is 4. The SMILES string of the molecule is [2H]C([2H])([2H])c1cc[n+](-c2c(C)ccc3c2oc2ccc4c5ccccc5ccc4c23)c(C)c1. The molecule has 0 amide bonds. The number of hydrogen-bond donors (Lipinski definition) is 0. The Labute approximate surface area is 179 Å². The molecule has 0 saturated heterocycles. The number of aryl methyl sites for hydroxylation is 3. The molecule has 2 aromatic heterocycles. The van der Waals surface area contributed by atoms with Gasteiger partial charge in [0, 0.05) is 39.5 Å². The van der Waals surface area contributed by atoms with Gasteiger partial charge in [0.25, 0.3) is 5.69 Å². The highest BCUT2D eigenvalue weighted by Gasteiger charge is 2.23. The highest BCUT2D eigenvalue weighted by atomic mass is 16.3. The van der Waals surface area contributed by atoms with E-state index < -0.39 is 6.85 Å². The van der Waals surface area contributed by atoms with Gasteiger partial charge in [-0.3, -0.25) is 0 Å². The lowest BCUT2D eigenvalue weighted by molar-refractivity contribution is -0.602. The molecule has 0 spiro atoms. The van der Waals surface area contributed by atoms with Crippen LogP contribution in [0.3, 0.4) is 0 Å². The Balaban J connectivity index is 1.69. The van der Waals surface area contributed by atoms with Crippen LogP contribution in [-0.2, 0) is 0 Å². The molecule has 0 fully saturated rings. The van der Waals surface area contributed by atoms with Crippen molar-refractivity contribution >= 4 is 43.5 Å². The van der Waals surface area contributed by atoms with Gasteiger partial charge in [-0.25, -0.2) is 0 Å². The van der Waals surface area contributed by atoms with E-state index in [1.165, 1.54) is 21.5 Å². The molecular weight excluding hydrogens is 366 g/mol. The quantitative estimate of drug-likeness (QED) is 0.216. The van der Waals surface area contributed by atoms with Crippen molar-refractivity contribution < 1.29 is 13.1 Å². The van der Waals surface area contributed by atoms with Gasteiger partial charge in [0.05, 0.1) is 0 Å². The first-order valence-electron chi connectivity index (χ1n) is 11.6. The van der Waals surface area contributed by atoms with Crippen LogP contribution in [0.2, 0.25) is 0 Å². The molecular formula is C28H22NO+. The van der Waals surface area contributed by atoms with Crippen LogP contribution in [0.5, 0.6) is 0 Å². The predicted octanol–water partition coefficient (Wildman–Crippen LogP) is 7.09. The van der Waals surface area contributed by atoms with Gasteiger partial charge in [-0.1, -0.05) is 48.5 Å². The van der Waals surface area contributed by atoms with E-state index >= 15 is 0 Å². The second kappa shape index (κ2) is 6.17. The highest BCUT2D eigenvalue weighted by molar-refractivity contribution is 6.24. The van der Waals surface area contributed by atoms with Crippen LogP contribution in [0, 0.1) is 20.7 Å². The number of rotatable bonds is 1. The van der Waals surface area contributed by atoms with Crippen LogP contribution in [0.1, 0.15) is 20.9 Å². The minimum atomic E-state index is -2.13. The molecule has 144 valence electrons. The molecule has 0 aliphatic rings. The molecule has 0 atom stereocenters. The van der Waals surface area contributed by atoms with Gasteiger partial charge in [0.1, 0.15) is 5.58 Å². The number of furan rings is 1. The third kappa shape index (κ3) is 2.34. The molecule has 0 aliphatic carbocycles. The van der Waals surface area contributed by atoms with Crippen LogP contribution < -0.4 is 4.57 Å². The lowest BCUT2D eigenvalue weighted by Gasteiger charge is -2.05. The van der Waals surface area contributed by atoms with Gasteiger partial charge in [-0.05, 0) is 53.0 Å². The standard InChI is InChI=1S/C28H22NO/c1-17-14-15-29(19(3)16-17)27-18(2)8-10-24-26-23-11-9-20-6-4-5-7-21(20)22(23)12-13-25(26)30-28(24)27/h4-16H,1-3H3/q+1/i1D3. The molecule has 2 heterocycles. The Morgan fingerprint density at radius 2 is 1.63 bits per heavy atom. The maximum absolute atomic E-state index is 7.73. The number of aromatic nitrogens is 1. The fourth-order valence-corrected chi connectivity index (χ4v) is 4.68. The monoisotopic (exact) mass is 391 g/mol. The van der Waals surface area contributed by atoms with Crippen LogP contribution in [0.15, 0.2) is 83.4 Å². The maximum atomic E-state index is 7.73. The average molecular weight is 392 g/mol. The van der Waals surface area contributed by atoms with Gasteiger partial charge in [-0.2, -0.15) is 4.57 Å². The molecule has 6 rings (SSSR count). The first kappa shape index (κ1) is 14.4. The minimum Gasteiger partial charge on any atom is -0.449 e. The van der Waals surface area contributed by atoms with E-state index in [1.54, 1.807) is 12.1 Å². The third-order valence-corrected chi connectivity index (χ3v) is 6.09. The first-order chi connectivity index (χ1) is 15.8. The van der Waals surface area contributed by atoms with Gasteiger partial charge >= 0.3 is 0 Å². The summed E-state index contributed by atoms with van der Waals surface area (Å²) in [5, 5.41) is 6.97. The van der Waals surface area contributed by atoms with Crippen molar-refractivity contribution in [1.29, 1.82) is 0 Å². The van der Waals surface area contributed by atoms with Crippen molar-refractivity contribution in [3.05, 3.63) is 95.8 Å². The number of nitrogens with zero attached hydrogens (tertiary/aromatic N) is 1. The van der Waals surface area contributed by atoms with Crippen molar-refractivity contribution in [2.45, 2.75) is 20.7 Å². The van der Waals surface area contributed by atoms with Crippen molar-refractivity contribution in [2.24, 2.45) is 0 Å². The largest absolute Gasteiger partial charge is 0.449 e. The van der Waals surface area contributed by atoms with E-state index in [1.807, 2.05) is 17.7 Å². The summed E-state index contributed by atoms with van der Waals surface area (Å²) in [5.74, 6) is 0. The molecule has 6 aromatic rings. The molecule has 2 nitrogen and oxygen atoms in total. The molecule has 0 saturated carbocycles. The minimum absolute atomic E-state index is 0.337. The highest BCUT2D eigenvalue weighted by Crippen LogP contribution is 2.39. The lowest BCUT2D eigenvalue weighted by Crippen LogP contribution is -2.34. The summed E-state index contributed by atoms with van der Waals surface area (Å²) in [5.41, 5.74) is 4.83. The van der Waals surface area contributed by atoms with Gasteiger partial charge < -0.3 is 4.42 Å². The topological polar surface area (TPSA) is 17.0 Å². The van der Waals surface area contributed by atoms with E-state index in [0.717, 1.165) is 38.9 Å². The van der Waals surface area contributed by atoms with Crippen molar-refractivity contribution in [3.63, 3.8) is 0 Å². The Hall–Kier alpha value is -3.65. The second-order valence-electron chi connectivity index (χ2n) is 7.96. The van der Waals surface area contributed by atoms with E-state index in [-0.39, 0.29) is 0 Å². The number of pyridine rings is 1. The van der Waals surface area contributed by atoms with Crippen LogP contribution in [0.4, 0.5) is 0 Å². The zero-order chi connectivity index (χ0) is 22.9. The zero-order valence-electron chi connectivity index (χ0n) is 19.9.